The Morgan fingerprint density at radius 3 is 2.23 bits per heavy atom. The standard InChI is InChI=1S/C49H68N6O6S3Si2/c1-46(2,3)65(7,8)60-38-19-17-35(43-42(38)51-45(57)64-43)39(61-66(9,10)47(4,5)6)32-50-31-33-16-18-37-36(28-33)52-53-55(37)23-13-22-54-24-20-48(21-25-54)29-34(30-48)59-44(56)49(58,40-14-11-26-62-40)41-15-12-27-63-41/h11-12,14-19,26-28,34,39,50,58H,13,20-25,29-32H2,1-10H3,(H,51,57)/t39-/m0/s1. The molecule has 2 aliphatic rings. The van der Waals surface area contributed by atoms with Crippen LogP contribution in [0.15, 0.2) is 70.2 Å². The number of piperidine rings is 1. The summed E-state index contributed by atoms with van der Waals surface area (Å²) in [6.07, 6.45) is 4.43. The first kappa shape index (κ1) is 48.9. The molecule has 1 atom stereocenters. The van der Waals surface area contributed by atoms with Gasteiger partial charge in [0.15, 0.2) is 8.32 Å². The van der Waals surface area contributed by atoms with Crippen LogP contribution in [0.2, 0.25) is 36.3 Å². The number of likely N-dealkylation sites (tertiary alicyclic amines) is 1. The van der Waals surface area contributed by atoms with Gasteiger partial charge >= 0.3 is 10.8 Å². The number of carbonyl (C=O) groups is 1. The van der Waals surface area contributed by atoms with Crippen LogP contribution in [0.5, 0.6) is 5.75 Å². The smallest absolute Gasteiger partial charge is 0.349 e. The number of aromatic amines is 1. The molecular formula is C49H68N6O6S3Si2. The Morgan fingerprint density at radius 1 is 0.939 bits per heavy atom. The number of H-pyrrole nitrogens is 1. The number of aryl methyl sites for hydroxylation is 1. The van der Waals surface area contributed by atoms with E-state index in [0.29, 0.717) is 22.8 Å². The molecule has 1 saturated carbocycles. The minimum absolute atomic E-state index is 0.000234. The van der Waals surface area contributed by atoms with Crippen molar-refractivity contribution in [1.29, 1.82) is 0 Å². The second kappa shape index (κ2) is 18.8. The molecule has 1 saturated heterocycles. The normalized spacial score (nSPS) is 17.1. The molecule has 1 spiro atoms. The van der Waals surface area contributed by atoms with Crippen molar-refractivity contribution >= 4 is 77.9 Å². The summed E-state index contributed by atoms with van der Waals surface area (Å²) in [5, 5.41) is 28.2. The third-order valence-electron chi connectivity index (χ3n) is 15.0. The summed E-state index contributed by atoms with van der Waals surface area (Å²) in [5.41, 5.74) is 3.23. The number of nitrogens with zero attached hydrogens (tertiary/aromatic N) is 4. The second-order valence-corrected chi connectivity index (χ2v) is 34.0. The van der Waals surface area contributed by atoms with Crippen LogP contribution in [0.3, 0.4) is 0 Å². The number of fused-ring (bicyclic) bond motifs is 2. The summed E-state index contributed by atoms with van der Waals surface area (Å²) in [6, 6.07) is 17.8. The van der Waals surface area contributed by atoms with Gasteiger partial charge in [-0.15, -0.1) is 27.8 Å². The lowest BCUT2D eigenvalue weighted by Gasteiger charge is -2.51. The Balaban J connectivity index is 0.838. The predicted octanol–water partition coefficient (Wildman–Crippen LogP) is 10.8. The quantitative estimate of drug-likeness (QED) is 0.0597. The molecule has 5 heterocycles. The fraction of sp³-hybridized carbons (Fsp3) is 0.551. The van der Waals surface area contributed by atoms with Crippen molar-refractivity contribution in [1.82, 2.24) is 30.2 Å². The van der Waals surface area contributed by atoms with Crippen molar-refractivity contribution in [2.45, 2.75) is 141 Å². The minimum Gasteiger partial charge on any atom is -0.542 e. The molecule has 4 aromatic heterocycles. The molecule has 0 unspecified atom stereocenters. The Labute approximate surface area is 403 Å². The van der Waals surface area contributed by atoms with Crippen molar-refractivity contribution in [2.75, 3.05) is 26.2 Å². The maximum Gasteiger partial charge on any atom is 0.349 e. The third-order valence-corrected chi connectivity index (χ3v) is 26.7. The van der Waals surface area contributed by atoms with E-state index in [2.05, 4.69) is 118 Å². The number of nitrogens with one attached hydrogen (secondary N) is 2. The molecule has 3 N–H and O–H groups in total. The lowest BCUT2D eigenvalue weighted by Crippen LogP contribution is -2.52. The van der Waals surface area contributed by atoms with Crippen molar-refractivity contribution < 1.29 is 23.5 Å². The van der Waals surface area contributed by atoms with Crippen LogP contribution >= 0.6 is 34.0 Å². The fourth-order valence-corrected chi connectivity index (χ4v) is 13.7. The first-order valence-electron chi connectivity index (χ1n) is 23.4. The van der Waals surface area contributed by atoms with Gasteiger partial charge in [-0.1, -0.05) is 82.4 Å². The van der Waals surface area contributed by atoms with E-state index >= 15 is 0 Å². The molecule has 2 fully saturated rings. The number of carbonyl (C=O) groups excluding carboxylic acids is 1. The van der Waals surface area contributed by atoms with Crippen LogP contribution in [0.25, 0.3) is 21.3 Å². The number of benzene rings is 2. The van der Waals surface area contributed by atoms with Gasteiger partial charge in [0.05, 0.1) is 26.1 Å². The van der Waals surface area contributed by atoms with Gasteiger partial charge in [0, 0.05) is 25.2 Å². The summed E-state index contributed by atoms with van der Waals surface area (Å²) in [7, 11) is -4.38. The first-order valence-corrected chi connectivity index (χ1v) is 31.8. The molecule has 66 heavy (non-hydrogen) atoms. The van der Waals surface area contributed by atoms with Crippen LogP contribution < -0.4 is 14.6 Å². The number of thiazole rings is 1. The highest BCUT2D eigenvalue weighted by Crippen LogP contribution is 2.51. The highest BCUT2D eigenvalue weighted by molar-refractivity contribution is 7.16. The van der Waals surface area contributed by atoms with Crippen LogP contribution in [0, 0.1) is 5.41 Å². The van der Waals surface area contributed by atoms with Gasteiger partial charge in [0.2, 0.25) is 5.60 Å². The molecule has 8 rings (SSSR count). The van der Waals surface area contributed by atoms with Crippen molar-refractivity contribution in [3.8, 4) is 5.75 Å². The van der Waals surface area contributed by atoms with Crippen LogP contribution in [0.4, 0.5) is 0 Å². The van der Waals surface area contributed by atoms with E-state index in [1.165, 1.54) is 34.0 Å². The number of hydrogen-bond donors (Lipinski definition) is 3. The molecule has 12 nitrogen and oxygen atoms in total. The summed E-state index contributed by atoms with van der Waals surface area (Å²) in [5.74, 6) is 0.167. The van der Waals surface area contributed by atoms with Gasteiger partial charge in [-0.05, 0) is 140 Å². The van der Waals surface area contributed by atoms with E-state index in [-0.39, 0.29) is 32.6 Å². The SMILES string of the molecule is CC(C)(C)[Si](C)(C)Oc1ccc([C@H](CNCc2ccc3c(c2)nnn3CCCN2CCC3(CC2)CC(OC(=O)C(O)(c2cccs2)c2cccs2)C3)O[Si](C)(C)C(C)(C)C)c2sc(=O)[nH]c12. The average molecular weight is 989 g/mol. The Bertz CT molecular complexity index is 2630. The second-order valence-electron chi connectivity index (χ2n) is 21.7. The monoisotopic (exact) mass is 988 g/mol. The van der Waals surface area contributed by atoms with Gasteiger partial charge in [-0.25, -0.2) is 9.48 Å². The lowest BCUT2D eigenvalue weighted by molar-refractivity contribution is -0.181. The molecule has 6 aromatic rings. The number of hydrogen-bond acceptors (Lipinski definition) is 13. The van der Waals surface area contributed by atoms with E-state index in [9.17, 15) is 14.7 Å². The molecular weight excluding hydrogens is 921 g/mol. The topological polar surface area (TPSA) is 144 Å². The molecule has 1 aliphatic carbocycles. The van der Waals surface area contributed by atoms with Gasteiger partial charge < -0.3 is 33.9 Å². The Morgan fingerprint density at radius 2 is 1.61 bits per heavy atom. The maximum atomic E-state index is 13.5. The van der Waals surface area contributed by atoms with Crippen molar-refractivity contribution in [3.05, 3.63) is 95.9 Å². The van der Waals surface area contributed by atoms with Crippen LogP contribution in [-0.4, -0.2) is 84.9 Å². The molecule has 356 valence electrons. The number of thiophene rings is 2. The summed E-state index contributed by atoms with van der Waals surface area (Å²) >= 11 is 3.97. The lowest BCUT2D eigenvalue weighted by atomic mass is 9.61. The Hall–Kier alpha value is -3.53. The average Bonchev–Trinajstić information content (AvgIpc) is 4.08. The number of aromatic nitrogens is 4. The zero-order valence-electron chi connectivity index (χ0n) is 40.3. The molecule has 1 aliphatic heterocycles. The zero-order valence-corrected chi connectivity index (χ0v) is 44.7. The highest BCUT2D eigenvalue weighted by Gasteiger charge is 2.51. The molecule has 0 bridgehead atoms. The first-order chi connectivity index (χ1) is 31.1. The van der Waals surface area contributed by atoms with Gasteiger partial charge in [0.25, 0.3) is 8.32 Å². The van der Waals surface area contributed by atoms with Crippen LogP contribution in [0.1, 0.15) is 101 Å². The minimum atomic E-state index is -2.22. The number of ether oxygens (including phenoxy) is 1. The van der Waals surface area contributed by atoms with Crippen molar-refractivity contribution in [3.63, 3.8) is 0 Å². The van der Waals surface area contributed by atoms with Gasteiger partial charge in [-0.2, -0.15) is 0 Å². The van der Waals surface area contributed by atoms with Crippen LogP contribution in [-0.2, 0) is 32.6 Å². The largest absolute Gasteiger partial charge is 0.542 e. The molecule has 0 amide bonds. The number of rotatable bonds is 17. The van der Waals surface area contributed by atoms with E-state index in [1.54, 1.807) is 12.1 Å². The third kappa shape index (κ3) is 10.1. The number of esters is 1. The molecule has 2 aromatic carbocycles. The molecule has 17 heteroatoms. The zero-order chi connectivity index (χ0) is 47.3. The van der Waals surface area contributed by atoms with E-state index in [4.69, 9.17) is 13.6 Å². The summed E-state index contributed by atoms with van der Waals surface area (Å²) < 4.78 is 22.8. The van der Waals surface area contributed by atoms with Gasteiger partial charge in [-0.3, -0.25) is 4.79 Å². The Kier molecular flexibility index (Phi) is 13.9. The van der Waals surface area contributed by atoms with Crippen molar-refractivity contribution in [2.24, 2.45) is 5.41 Å². The predicted molar refractivity (Wildman–Crippen MR) is 274 cm³/mol. The van der Waals surface area contributed by atoms with E-state index < -0.39 is 28.2 Å². The van der Waals surface area contributed by atoms with E-state index in [0.717, 1.165) is 96.4 Å². The summed E-state index contributed by atoms with van der Waals surface area (Å²) in [4.78, 5) is 33.1. The van der Waals surface area contributed by atoms with E-state index in [1.807, 2.05) is 33.6 Å². The summed E-state index contributed by atoms with van der Waals surface area (Å²) in [6.45, 7) is 27.5. The fourth-order valence-electron chi connectivity index (χ4n) is 8.80. The maximum absolute atomic E-state index is 13.5. The highest BCUT2D eigenvalue weighted by atomic mass is 32.1. The number of aliphatic hydroxyl groups is 1. The van der Waals surface area contributed by atoms with Gasteiger partial charge in [0.1, 0.15) is 22.9 Å². The molecule has 0 radical (unpaired) electrons.